The Morgan fingerprint density at radius 3 is 3.00 bits per heavy atom. The van der Waals surface area contributed by atoms with Crippen molar-refractivity contribution in [1.29, 1.82) is 5.26 Å². The summed E-state index contributed by atoms with van der Waals surface area (Å²) in [5.41, 5.74) is 1.27. The first-order chi connectivity index (χ1) is 8.79. The van der Waals surface area contributed by atoms with Gasteiger partial charge in [0.25, 0.3) is 0 Å². The van der Waals surface area contributed by atoms with Crippen molar-refractivity contribution in [2.45, 2.75) is 38.4 Å². The Bertz CT molecular complexity index is 398. The number of nitrogens with one attached hydrogen (secondary N) is 1. The van der Waals surface area contributed by atoms with E-state index in [1.165, 1.54) is 5.56 Å². The molecule has 4 heteroatoms. The van der Waals surface area contributed by atoms with Crippen LogP contribution in [0.1, 0.15) is 25.3 Å². The number of hydrogen-bond donors (Lipinski definition) is 1. The van der Waals surface area contributed by atoms with E-state index in [9.17, 15) is 0 Å². The average molecular weight is 244 g/mol. The molecule has 2 rings (SSSR count). The van der Waals surface area contributed by atoms with Gasteiger partial charge in [0, 0.05) is 44.1 Å². The van der Waals surface area contributed by atoms with E-state index in [1.54, 1.807) is 0 Å². The van der Waals surface area contributed by atoms with E-state index >= 15 is 0 Å². The highest BCUT2D eigenvalue weighted by molar-refractivity contribution is 5.10. The molecule has 0 amide bonds. The van der Waals surface area contributed by atoms with Crippen LogP contribution < -0.4 is 5.32 Å². The average Bonchev–Trinajstić information content (AvgIpc) is 2.56. The quantitative estimate of drug-likeness (QED) is 0.876. The number of rotatable bonds is 3. The lowest BCUT2D eigenvalue weighted by Crippen LogP contribution is -2.39. The van der Waals surface area contributed by atoms with Crippen LogP contribution in [-0.2, 0) is 6.54 Å². The molecule has 1 aliphatic rings. The zero-order valence-electron chi connectivity index (χ0n) is 10.8. The maximum absolute atomic E-state index is 8.95. The Hall–Kier alpha value is -1.44. The molecular weight excluding hydrogens is 224 g/mol. The second-order valence-electron chi connectivity index (χ2n) is 4.94. The van der Waals surface area contributed by atoms with E-state index in [-0.39, 0.29) is 0 Å². The summed E-state index contributed by atoms with van der Waals surface area (Å²) in [6.07, 6.45) is 5.37. The minimum Gasteiger partial charge on any atom is -0.313 e. The SMILES string of the molecule is CC1CCN(Cc2ccncc2)C(CC#N)CN1. The molecule has 2 unspecified atom stereocenters. The van der Waals surface area contributed by atoms with Crippen molar-refractivity contribution in [3.05, 3.63) is 30.1 Å². The molecule has 0 saturated carbocycles. The number of aromatic nitrogens is 1. The van der Waals surface area contributed by atoms with Crippen molar-refractivity contribution in [3.63, 3.8) is 0 Å². The normalized spacial score (nSPS) is 25.3. The van der Waals surface area contributed by atoms with E-state index < -0.39 is 0 Å². The van der Waals surface area contributed by atoms with Crippen molar-refractivity contribution in [3.8, 4) is 6.07 Å². The van der Waals surface area contributed by atoms with Crippen LogP contribution in [0.5, 0.6) is 0 Å². The van der Waals surface area contributed by atoms with Crippen LogP contribution >= 0.6 is 0 Å². The number of pyridine rings is 1. The lowest BCUT2D eigenvalue weighted by Gasteiger charge is -2.27. The third-order valence-electron chi connectivity index (χ3n) is 3.53. The van der Waals surface area contributed by atoms with Crippen LogP contribution in [0.25, 0.3) is 0 Å². The van der Waals surface area contributed by atoms with Crippen LogP contribution in [0, 0.1) is 11.3 Å². The lowest BCUT2D eigenvalue weighted by molar-refractivity contribution is 0.202. The third kappa shape index (κ3) is 3.52. The maximum atomic E-state index is 8.95. The third-order valence-corrected chi connectivity index (χ3v) is 3.53. The summed E-state index contributed by atoms with van der Waals surface area (Å²) in [4.78, 5) is 6.45. The molecule has 1 aromatic rings. The van der Waals surface area contributed by atoms with Crippen LogP contribution in [0.4, 0.5) is 0 Å². The van der Waals surface area contributed by atoms with Crippen molar-refractivity contribution in [2.75, 3.05) is 13.1 Å². The van der Waals surface area contributed by atoms with Gasteiger partial charge in [-0.25, -0.2) is 0 Å². The van der Waals surface area contributed by atoms with E-state index in [1.807, 2.05) is 24.5 Å². The molecule has 0 radical (unpaired) electrons. The Balaban J connectivity index is 2.04. The second-order valence-corrected chi connectivity index (χ2v) is 4.94. The second kappa shape index (κ2) is 6.48. The number of nitrogens with zero attached hydrogens (tertiary/aromatic N) is 3. The summed E-state index contributed by atoms with van der Waals surface area (Å²) in [6, 6.07) is 7.24. The highest BCUT2D eigenvalue weighted by atomic mass is 15.2. The van der Waals surface area contributed by atoms with E-state index in [0.717, 1.165) is 26.1 Å². The molecule has 1 aliphatic heterocycles. The molecule has 0 aromatic carbocycles. The van der Waals surface area contributed by atoms with Gasteiger partial charge in [0.05, 0.1) is 12.5 Å². The first-order valence-electron chi connectivity index (χ1n) is 6.53. The number of nitriles is 1. The summed E-state index contributed by atoms with van der Waals surface area (Å²) in [7, 11) is 0. The van der Waals surface area contributed by atoms with E-state index in [2.05, 4.69) is 28.2 Å². The summed E-state index contributed by atoms with van der Waals surface area (Å²) in [5.74, 6) is 0. The molecule has 1 N–H and O–H groups in total. The van der Waals surface area contributed by atoms with E-state index in [0.29, 0.717) is 18.5 Å². The van der Waals surface area contributed by atoms with Gasteiger partial charge in [-0.05, 0) is 31.0 Å². The van der Waals surface area contributed by atoms with Gasteiger partial charge in [0.2, 0.25) is 0 Å². The van der Waals surface area contributed by atoms with Gasteiger partial charge >= 0.3 is 0 Å². The Morgan fingerprint density at radius 2 is 2.28 bits per heavy atom. The zero-order valence-corrected chi connectivity index (χ0v) is 10.8. The molecule has 2 heterocycles. The molecule has 0 aliphatic carbocycles. The van der Waals surface area contributed by atoms with Gasteiger partial charge in [-0.15, -0.1) is 0 Å². The van der Waals surface area contributed by atoms with Crippen molar-refractivity contribution < 1.29 is 0 Å². The van der Waals surface area contributed by atoms with Gasteiger partial charge < -0.3 is 5.32 Å². The minimum atomic E-state index is 0.313. The lowest BCUT2D eigenvalue weighted by atomic mass is 10.1. The Morgan fingerprint density at radius 1 is 1.50 bits per heavy atom. The van der Waals surface area contributed by atoms with Gasteiger partial charge in [-0.3, -0.25) is 9.88 Å². The monoisotopic (exact) mass is 244 g/mol. The van der Waals surface area contributed by atoms with Gasteiger partial charge in [0.15, 0.2) is 0 Å². The molecule has 0 bridgehead atoms. The summed E-state index contributed by atoms with van der Waals surface area (Å²) in [6.45, 7) is 5.06. The predicted octanol–water partition coefficient (Wildman–Crippen LogP) is 1.55. The highest BCUT2D eigenvalue weighted by Gasteiger charge is 2.22. The molecule has 1 aromatic heterocycles. The standard InChI is InChI=1S/C14H20N4/c1-12-5-9-18(14(2-6-15)10-17-12)11-13-3-7-16-8-4-13/h3-4,7-8,12,14,17H,2,5,9-11H2,1H3. The van der Waals surface area contributed by atoms with E-state index in [4.69, 9.17) is 5.26 Å². The van der Waals surface area contributed by atoms with Crippen LogP contribution in [0.15, 0.2) is 24.5 Å². The van der Waals surface area contributed by atoms with Crippen molar-refractivity contribution in [1.82, 2.24) is 15.2 Å². The largest absolute Gasteiger partial charge is 0.313 e. The molecule has 0 spiro atoms. The molecule has 1 saturated heterocycles. The van der Waals surface area contributed by atoms with Crippen LogP contribution in [0.2, 0.25) is 0 Å². The predicted molar refractivity (Wildman–Crippen MR) is 70.7 cm³/mol. The smallest absolute Gasteiger partial charge is 0.0638 e. The maximum Gasteiger partial charge on any atom is 0.0638 e. The van der Waals surface area contributed by atoms with Crippen LogP contribution in [-0.4, -0.2) is 35.1 Å². The fraction of sp³-hybridized carbons (Fsp3) is 0.571. The fourth-order valence-corrected chi connectivity index (χ4v) is 2.35. The first kappa shape index (κ1) is 13.0. The Labute approximate surface area is 109 Å². The van der Waals surface area contributed by atoms with Gasteiger partial charge in [-0.1, -0.05) is 0 Å². The Kier molecular flexibility index (Phi) is 4.68. The van der Waals surface area contributed by atoms with Crippen molar-refractivity contribution in [2.24, 2.45) is 0 Å². The zero-order chi connectivity index (χ0) is 12.8. The summed E-state index contributed by atoms with van der Waals surface area (Å²) >= 11 is 0. The van der Waals surface area contributed by atoms with Gasteiger partial charge in [0.1, 0.15) is 0 Å². The molecular formula is C14H20N4. The molecule has 1 fully saturated rings. The fourth-order valence-electron chi connectivity index (χ4n) is 2.35. The summed E-state index contributed by atoms with van der Waals surface area (Å²) in [5, 5.41) is 12.4. The molecule has 18 heavy (non-hydrogen) atoms. The molecule has 96 valence electrons. The molecule has 2 atom stereocenters. The van der Waals surface area contributed by atoms with Gasteiger partial charge in [-0.2, -0.15) is 5.26 Å². The highest BCUT2D eigenvalue weighted by Crippen LogP contribution is 2.14. The minimum absolute atomic E-state index is 0.313. The molecule has 4 nitrogen and oxygen atoms in total. The topological polar surface area (TPSA) is 52.0 Å². The summed E-state index contributed by atoms with van der Waals surface area (Å²) < 4.78 is 0. The number of hydrogen-bond acceptors (Lipinski definition) is 4. The van der Waals surface area contributed by atoms with Crippen LogP contribution in [0.3, 0.4) is 0 Å². The van der Waals surface area contributed by atoms with Crippen molar-refractivity contribution >= 4 is 0 Å². The first-order valence-corrected chi connectivity index (χ1v) is 6.53.